The zero-order chi connectivity index (χ0) is 6.41. The molecular formula is C5H9BO2. The van der Waals surface area contributed by atoms with Crippen molar-refractivity contribution in [2.24, 2.45) is 0 Å². The third-order valence-corrected chi connectivity index (χ3v) is 0.783. The van der Waals surface area contributed by atoms with Crippen molar-refractivity contribution >= 4 is 7.12 Å². The van der Waals surface area contributed by atoms with Crippen LogP contribution in [0, 0.1) is 12.3 Å². The highest BCUT2D eigenvalue weighted by molar-refractivity contribution is 6.40. The Hall–Kier alpha value is -0.455. The first-order chi connectivity index (χ1) is 3.77. The Bertz CT molecular complexity index is 84.9. The molecule has 0 heterocycles. The molecule has 0 saturated carbocycles. The lowest BCUT2D eigenvalue weighted by Crippen LogP contribution is -2.08. The Morgan fingerprint density at radius 2 is 2.12 bits per heavy atom. The molecule has 0 aliphatic carbocycles. The molecule has 0 amide bonds. The summed E-state index contributed by atoms with van der Waals surface area (Å²) >= 11 is 0. The van der Waals surface area contributed by atoms with Crippen LogP contribution in [0.2, 0.25) is 6.32 Å². The Labute approximate surface area is 49.7 Å². The maximum absolute atomic E-state index is 8.27. The average molecular weight is 112 g/mol. The van der Waals surface area contributed by atoms with Gasteiger partial charge in [0, 0.05) is 6.42 Å². The van der Waals surface area contributed by atoms with Gasteiger partial charge in [-0.3, -0.25) is 0 Å². The van der Waals surface area contributed by atoms with Crippen molar-refractivity contribution in [2.75, 3.05) is 0 Å². The fourth-order valence-electron chi connectivity index (χ4n) is 0.387. The third-order valence-electron chi connectivity index (χ3n) is 0.783. The van der Waals surface area contributed by atoms with Crippen LogP contribution in [0.25, 0.3) is 0 Å². The highest BCUT2D eigenvalue weighted by Crippen LogP contribution is 1.94. The molecule has 0 aromatic rings. The molecule has 0 aliphatic heterocycles. The molecule has 0 bridgehead atoms. The molecule has 0 unspecified atom stereocenters. The van der Waals surface area contributed by atoms with E-state index in [4.69, 9.17) is 16.5 Å². The van der Waals surface area contributed by atoms with Gasteiger partial charge < -0.3 is 10.0 Å². The Morgan fingerprint density at radius 3 is 2.50 bits per heavy atom. The second-order valence-electron chi connectivity index (χ2n) is 1.58. The first-order valence-corrected chi connectivity index (χ1v) is 2.57. The molecule has 0 spiro atoms. The summed E-state index contributed by atoms with van der Waals surface area (Å²) in [6.45, 7) is 0. The number of hydrogen-bond acceptors (Lipinski definition) is 2. The van der Waals surface area contributed by atoms with Crippen molar-refractivity contribution in [1.82, 2.24) is 0 Å². The molecule has 0 atom stereocenters. The van der Waals surface area contributed by atoms with Crippen LogP contribution in [0.3, 0.4) is 0 Å². The van der Waals surface area contributed by atoms with Crippen LogP contribution in [0.5, 0.6) is 0 Å². The summed E-state index contributed by atoms with van der Waals surface area (Å²) in [6, 6.07) is 0. The number of unbranched alkanes of at least 4 members (excludes halogenated alkanes) is 1. The van der Waals surface area contributed by atoms with Crippen LogP contribution < -0.4 is 0 Å². The fourth-order valence-corrected chi connectivity index (χ4v) is 0.387. The quantitative estimate of drug-likeness (QED) is 0.303. The molecule has 0 radical (unpaired) electrons. The summed E-state index contributed by atoms with van der Waals surface area (Å²) in [5, 5.41) is 16.5. The van der Waals surface area contributed by atoms with Crippen molar-refractivity contribution in [3.8, 4) is 12.3 Å². The van der Waals surface area contributed by atoms with Crippen LogP contribution in [0.4, 0.5) is 0 Å². The number of terminal acetylenes is 1. The summed E-state index contributed by atoms with van der Waals surface area (Å²) in [4.78, 5) is 0. The molecule has 0 aromatic heterocycles. The molecule has 44 valence electrons. The van der Waals surface area contributed by atoms with Gasteiger partial charge in [-0.1, -0.05) is 0 Å². The Kier molecular flexibility index (Phi) is 4.43. The van der Waals surface area contributed by atoms with Crippen molar-refractivity contribution < 1.29 is 10.0 Å². The molecule has 2 N–H and O–H groups in total. The van der Waals surface area contributed by atoms with Crippen molar-refractivity contribution in [3.63, 3.8) is 0 Å². The molecule has 8 heavy (non-hydrogen) atoms. The molecule has 2 nitrogen and oxygen atoms in total. The van der Waals surface area contributed by atoms with E-state index in [0.717, 1.165) is 0 Å². The zero-order valence-electron chi connectivity index (χ0n) is 4.67. The first kappa shape index (κ1) is 7.54. The van der Waals surface area contributed by atoms with Gasteiger partial charge in [-0.25, -0.2) is 0 Å². The summed E-state index contributed by atoms with van der Waals surface area (Å²) in [7, 11) is -1.19. The summed E-state index contributed by atoms with van der Waals surface area (Å²) in [6.07, 6.45) is 6.59. The predicted molar refractivity (Wildman–Crippen MR) is 33.1 cm³/mol. The minimum Gasteiger partial charge on any atom is -0.427 e. The molecule has 3 heteroatoms. The first-order valence-electron chi connectivity index (χ1n) is 2.57. The van der Waals surface area contributed by atoms with Gasteiger partial charge in [0.05, 0.1) is 0 Å². The van der Waals surface area contributed by atoms with E-state index in [1.165, 1.54) is 0 Å². The highest BCUT2D eigenvalue weighted by atomic mass is 16.4. The maximum atomic E-state index is 8.27. The molecule has 0 fully saturated rings. The van der Waals surface area contributed by atoms with Crippen molar-refractivity contribution in [2.45, 2.75) is 19.2 Å². The SMILES string of the molecule is C#CCCCB(O)O. The lowest BCUT2D eigenvalue weighted by molar-refractivity contribution is 0.403. The van der Waals surface area contributed by atoms with Gasteiger partial charge >= 0.3 is 7.12 Å². The smallest absolute Gasteiger partial charge is 0.427 e. The van der Waals surface area contributed by atoms with E-state index >= 15 is 0 Å². The minimum absolute atomic E-state index is 0.379. The van der Waals surface area contributed by atoms with Crippen LogP contribution >= 0.6 is 0 Å². The summed E-state index contributed by atoms with van der Waals surface area (Å²) in [5.41, 5.74) is 0. The van der Waals surface area contributed by atoms with Gasteiger partial charge in [-0.05, 0) is 12.7 Å². The van der Waals surface area contributed by atoms with Gasteiger partial charge in [0.1, 0.15) is 0 Å². The summed E-state index contributed by atoms with van der Waals surface area (Å²) < 4.78 is 0. The van der Waals surface area contributed by atoms with E-state index in [9.17, 15) is 0 Å². The molecular weight excluding hydrogens is 103 g/mol. The molecule has 0 rings (SSSR count). The lowest BCUT2D eigenvalue weighted by atomic mass is 9.84. The monoisotopic (exact) mass is 112 g/mol. The van der Waals surface area contributed by atoms with E-state index in [1.807, 2.05) is 0 Å². The second-order valence-corrected chi connectivity index (χ2v) is 1.58. The standard InChI is InChI=1S/C5H9BO2/c1-2-3-4-5-6(7)8/h1,7-8H,3-5H2. The van der Waals surface area contributed by atoms with E-state index in [0.29, 0.717) is 19.2 Å². The van der Waals surface area contributed by atoms with Gasteiger partial charge in [0.15, 0.2) is 0 Å². The van der Waals surface area contributed by atoms with Gasteiger partial charge in [0.25, 0.3) is 0 Å². The van der Waals surface area contributed by atoms with Crippen LogP contribution in [-0.2, 0) is 0 Å². The minimum atomic E-state index is -1.19. The maximum Gasteiger partial charge on any atom is 0.451 e. The van der Waals surface area contributed by atoms with Gasteiger partial charge in [0.2, 0.25) is 0 Å². The summed E-state index contributed by atoms with van der Waals surface area (Å²) in [5.74, 6) is 2.40. The number of rotatable bonds is 3. The Balaban J connectivity index is 2.85. The average Bonchev–Trinajstić information content (AvgIpc) is 1.66. The van der Waals surface area contributed by atoms with Crippen molar-refractivity contribution in [1.29, 1.82) is 0 Å². The topological polar surface area (TPSA) is 40.5 Å². The Morgan fingerprint density at radius 1 is 1.50 bits per heavy atom. The molecule has 0 aromatic carbocycles. The van der Waals surface area contributed by atoms with Crippen LogP contribution in [-0.4, -0.2) is 17.2 Å². The van der Waals surface area contributed by atoms with Crippen LogP contribution in [0.1, 0.15) is 12.8 Å². The lowest BCUT2D eigenvalue weighted by Gasteiger charge is -1.91. The van der Waals surface area contributed by atoms with Gasteiger partial charge in [-0.2, -0.15) is 0 Å². The molecule has 0 saturated heterocycles. The predicted octanol–water partition coefficient (Wildman–Crippen LogP) is -0.127. The van der Waals surface area contributed by atoms with E-state index in [-0.39, 0.29) is 0 Å². The second kappa shape index (κ2) is 4.70. The van der Waals surface area contributed by atoms with Crippen LogP contribution in [0.15, 0.2) is 0 Å². The fraction of sp³-hybridized carbons (Fsp3) is 0.600. The van der Waals surface area contributed by atoms with Gasteiger partial charge in [-0.15, -0.1) is 12.3 Å². The van der Waals surface area contributed by atoms with E-state index in [2.05, 4.69) is 5.92 Å². The van der Waals surface area contributed by atoms with Crippen molar-refractivity contribution in [3.05, 3.63) is 0 Å². The van der Waals surface area contributed by atoms with E-state index in [1.54, 1.807) is 0 Å². The highest BCUT2D eigenvalue weighted by Gasteiger charge is 2.02. The third kappa shape index (κ3) is 5.54. The number of hydrogen-bond donors (Lipinski definition) is 2. The van der Waals surface area contributed by atoms with E-state index < -0.39 is 7.12 Å². The largest absolute Gasteiger partial charge is 0.451 e. The normalized spacial score (nSPS) is 8.12. The molecule has 0 aliphatic rings. The zero-order valence-corrected chi connectivity index (χ0v) is 4.67.